The van der Waals surface area contributed by atoms with Crippen molar-refractivity contribution < 1.29 is 36.2 Å². The number of carboxylic acid groups (broad SMARTS) is 2. The Morgan fingerprint density at radius 2 is 1.46 bits per heavy atom. The molecule has 78 valence electrons. The van der Waals surface area contributed by atoms with Crippen molar-refractivity contribution in [3.05, 3.63) is 0 Å². The average Bonchev–Trinajstić information content (AvgIpc) is 1.63. The van der Waals surface area contributed by atoms with E-state index in [-0.39, 0.29) is 54.2 Å². The second-order valence-electron chi connectivity index (χ2n) is 1.54. The van der Waals surface area contributed by atoms with E-state index in [1.807, 2.05) is 0 Å². The molecule has 0 unspecified atom stereocenters. The maximum absolute atomic E-state index is 9.85. The standard InChI is InChI=1S/C4H7NO4.Ca.3H2O/c5-2(4(8)9)1-3(6)7;;;;/h2H,1,5H2,(H,6,7)(H,8,9);;3*1H2/t2-;;;;/m0..../s1. The summed E-state index contributed by atoms with van der Waals surface area (Å²) in [6.07, 6.45) is -0.532. The molecular formula is C4H13CaNO7. The number of carbonyl (C=O) groups is 2. The van der Waals surface area contributed by atoms with E-state index in [1.54, 1.807) is 0 Å². The van der Waals surface area contributed by atoms with Gasteiger partial charge in [-0.15, -0.1) is 0 Å². The molecule has 13 heavy (non-hydrogen) atoms. The van der Waals surface area contributed by atoms with Crippen molar-refractivity contribution in [3.63, 3.8) is 0 Å². The molecule has 0 amide bonds. The van der Waals surface area contributed by atoms with E-state index >= 15 is 0 Å². The molecule has 0 heterocycles. The average molecular weight is 227 g/mol. The van der Waals surface area contributed by atoms with Crippen LogP contribution < -0.4 is 5.73 Å². The maximum Gasteiger partial charge on any atom is 0.321 e. The molecule has 0 aromatic rings. The summed E-state index contributed by atoms with van der Waals surface area (Å²) in [6.45, 7) is 0. The van der Waals surface area contributed by atoms with Crippen molar-refractivity contribution in [2.45, 2.75) is 12.5 Å². The fourth-order valence-electron chi connectivity index (χ4n) is 0.275. The minimum absolute atomic E-state index is 0. The van der Waals surface area contributed by atoms with Gasteiger partial charge < -0.3 is 32.4 Å². The predicted molar refractivity (Wildman–Crippen MR) is 44.5 cm³/mol. The van der Waals surface area contributed by atoms with Gasteiger partial charge in [-0.1, -0.05) is 0 Å². The van der Waals surface area contributed by atoms with Crippen LogP contribution in [0.4, 0.5) is 0 Å². The maximum atomic E-state index is 9.85. The zero-order valence-electron chi connectivity index (χ0n) is 6.78. The summed E-state index contributed by atoms with van der Waals surface area (Å²) in [7, 11) is 0. The molecular weight excluding hydrogens is 214 g/mol. The van der Waals surface area contributed by atoms with E-state index in [0.29, 0.717) is 0 Å². The SMILES string of the molecule is N[C@@H](CC(=O)O)C(=O)O.O.O.O.[Ca]. The number of hydrogen-bond acceptors (Lipinski definition) is 3. The van der Waals surface area contributed by atoms with E-state index in [4.69, 9.17) is 15.9 Å². The summed E-state index contributed by atoms with van der Waals surface area (Å²) < 4.78 is 0. The van der Waals surface area contributed by atoms with Crippen LogP contribution in [0.25, 0.3) is 0 Å². The third-order valence-corrected chi connectivity index (χ3v) is 0.712. The fourth-order valence-corrected chi connectivity index (χ4v) is 0.275. The Balaban J connectivity index is -0.0000000533. The number of nitrogens with two attached hydrogens (primary N) is 1. The van der Waals surface area contributed by atoms with E-state index in [9.17, 15) is 9.59 Å². The van der Waals surface area contributed by atoms with Gasteiger partial charge in [0.2, 0.25) is 0 Å². The van der Waals surface area contributed by atoms with E-state index in [1.165, 1.54) is 0 Å². The van der Waals surface area contributed by atoms with Gasteiger partial charge in [0, 0.05) is 37.7 Å². The summed E-state index contributed by atoms with van der Waals surface area (Å²) in [6, 6.07) is -1.29. The van der Waals surface area contributed by atoms with Crippen molar-refractivity contribution in [2.75, 3.05) is 0 Å². The third-order valence-electron chi connectivity index (χ3n) is 0.712. The Bertz CT molecular complexity index is 140. The van der Waals surface area contributed by atoms with E-state index in [0.717, 1.165) is 0 Å². The number of hydrogen-bond donors (Lipinski definition) is 3. The van der Waals surface area contributed by atoms with Crippen LogP contribution in [0.2, 0.25) is 0 Å². The number of carboxylic acids is 2. The zero-order valence-corrected chi connectivity index (χ0v) is 8.99. The normalized spacial score (nSPS) is 8.69. The molecule has 0 aliphatic carbocycles. The van der Waals surface area contributed by atoms with Gasteiger partial charge >= 0.3 is 11.9 Å². The van der Waals surface area contributed by atoms with Crippen molar-refractivity contribution in [1.29, 1.82) is 0 Å². The summed E-state index contributed by atoms with van der Waals surface area (Å²) in [5.41, 5.74) is 4.84. The molecule has 9 heteroatoms. The molecule has 2 radical (unpaired) electrons. The van der Waals surface area contributed by atoms with Crippen LogP contribution in [0.3, 0.4) is 0 Å². The van der Waals surface area contributed by atoms with Crippen molar-refractivity contribution in [1.82, 2.24) is 0 Å². The third kappa shape index (κ3) is 18.8. The second-order valence-corrected chi connectivity index (χ2v) is 1.54. The van der Waals surface area contributed by atoms with Gasteiger partial charge in [0.25, 0.3) is 0 Å². The summed E-state index contributed by atoms with van der Waals surface area (Å²) in [5.74, 6) is -2.50. The molecule has 8 nitrogen and oxygen atoms in total. The first-order valence-electron chi connectivity index (χ1n) is 2.24. The molecule has 0 saturated carbocycles. The van der Waals surface area contributed by atoms with Crippen molar-refractivity contribution in [2.24, 2.45) is 5.73 Å². The quantitative estimate of drug-likeness (QED) is 0.412. The Kier molecular flexibility index (Phi) is 32.7. The predicted octanol–water partition coefficient (Wildman–Crippen LogP) is -3.98. The zero-order chi connectivity index (χ0) is 7.44. The van der Waals surface area contributed by atoms with E-state index < -0.39 is 24.4 Å². The first-order chi connectivity index (χ1) is 4.04. The number of rotatable bonds is 3. The minimum atomic E-state index is -1.29. The van der Waals surface area contributed by atoms with Gasteiger partial charge in [0.1, 0.15) is 6.04 Å². The smallest absolute Gasteiger partial charge is 0.321 e. The Hall–Kier alpha value is 0.0397. The van der Waals surface area contributed by atoms with Gasteiger partial charge in [-0.05, 0) is 0 Å². The minimum Gasteiger partial charge on any atom is -0.481 e. The van der Waals surface area contributed by atoms with Crippen molar-refractivity contribution in [3.8, 4) is 0 Å². The van der Waals surface area contributed by atoms with Crippen LogP contribution in [0.15, 0.2) is 0 Å². The Morgan fingerprint density at radius 3 is 1.54 bits per heavy atom. The summed E-state index contributed by atoms with van der Waals surface area (Å²) in [5, 5.41) is 16.0. The molecule has 0 spiro atoms. The summed E-state index contributed by atoms with van der Waals surface area (Å²) in [4.78, 5) is 19.6. The largest absolute Gasteiger partial charge is 0.481 e. The molecule has 0 bridgehead atoms. The topological polar surface area (TPSA) is 195 Å². The molecule has 0 aromatic carbocycles. The summed E-state index contributed by atoms with van der Waals surface area (Å²) >= 11 is 0. The monoisotopic (exact) mass is 227 g/mol. The molecule has 0 aliphatic rings. The molecule has 0 aliphatic heterocycles. The van der Waals surface area contributed by atoms with Crippen LogP contribution in [0.1, 0.15) is 6.42 Å². The van der Waals surface area contributed by atoms with E-state index in [2.05, 4.69) is 0 Å². The second kappa shape index (κ2) is 14.6. The Labute approximate surface area is 104 Å². The molecule has 1 atom stereocenters. The Morgan fingerprint density at radius 1 is 1.15 bits per heavy atom. The van der Waals surface area contributed by atoms with Gasteiger partial charge in [-0.3, -0.25) is 9.59 Å². The fraction of sp³-hybridized carbons (Fsp3) is 0.500. The van der Waals surface area contributed by atoms with Gasteiger partial charge in [-0.25, -0.2) is 0 Å². The van der Waals surface area contributed by atoms with Crippen molar-refractivity contribution >= 4 is 49.7 Å². The van der Waals surface area contributed by atoms with Crippen LogP contribution in [-0.4, -0.2) is 82.4 Å². The van der Waals surface area contributed by atoms with Gasteiger partial charge in [0.15, 0.2) is 0 Å². The van der Waals surface area contributed by atoms with Gasteiger partial charge in [0.05, 0.1) is 6.42 Å². The number of aliphatic carboxylic acids is 2. The first kappa shape index (κ1) is 29.2. The molecule has 0 saturated heterocycles. The van der Waals surface area contributed by atoms with Crippen LogP contribution in [-0.2, 0) is 9.59 Å². The van der Waals surface area contributed by atoms with Crippen LogP contribution in [0.5, 0.6) is 0 Å². The van der Waals surface area contributed by atoms with Crippen LogP contribution in [0, 0.1) is 0 Å². The molecule has 0 rings (SSSR count). The van der Waals surface area contributed by atoms with Crippen LogP contribution >= 0.6 is 0 Å². The molecule has 0 aromatic heterocycles. The first-order valence-corrected chi connectivity index (χ1v) is 2.24. The molecule has 0 fully saturated rings. The van der Waals surface area contributed by atoms with Gasteiger partial charge in [-0.2, -0.15) is 0 Å². The molecule has 10 N–H and O–H groups in total.